The molecule has 0 saturated carbocycles. The maximum atomic E-state index is 12.5. The van der Waals surface area contributed by atoms with Crippen molar-refractivity contribution in [3.8, 4) is 0 Å². The van der Waals surface area contributed by atoms with Gasteiger partial charge in [0, 0.05) is 16.7 Å². The number of nitrogens with zero attached hydrogens (tertiary/aromatic N) is 3. The molecule has 0 unspecified atom stereocenters. The topological polar surface area (TPSA) is 47.8 Å². The van der Waals surface area contributed by atoms with E-state index in [-0.39, 0.29) is 11.8 Å². The molecule has 18 heavy (non-hydrogen) atoms. The lowest BCUT2D eigenvalue weighted by Gasteiger charge is -2.10. The predicted octanol–water partition coefficient (Wildman–Crippen LogP) is 3.62. The maximum Gasteiger partial charge on any atom is 0.231 e. The van der Waals surface area contributed by atoms with E-state index in [1.165, 1.54) is 0 Å². The second-order valence-corrected chi connectivity index (χ2v) is 5.75. The molecule has 0 saturated heterocycles. The molecule has 0 amide bonds. The quantitative estimate of drug-likeness (QED) is 0.773. The lowest BCUT2D eigenvalue weighted by Crippen LogP contribution is -2.15. The number of aromatic nitrogens is 3. The van der Waals surface area contributed by atoms with Gasteiger partial charge in [0.25, 0.3) is 0 Å². The van der Waals surface area contributed by atoms with Gasteiger partial charge in [-0.3, -0.25) is 14.5 Å². The summed E-state index contributed by atoms with van der Waals surface area (Å²) in [7, 11) is 0. The van der Waals surface area contributed by atoms with Gasteiger partial charge in [-0.2, -0.15) is 5.10 Å². The number of pyridine rings is 1. The Kier molecular flexibility index (Phi) is 3.97. The van der Waals surface area contributed by atoms with Crippen LogP contribution in [0.2, 0.25) is 0 Å². The Morgan fingerprint density at radius 3 is 2.67 bits per heavy atom. The lowest BCUT2D eigenvalue weighted by molar-refractivity contribution is 0.102. The average Bonchev–Trinajstić information content (AvgIpc) is 2.71. The number of carbonyl (C=O) groups excluding carboxylic acids is 1. The number of hydrogen-bond donors (Lipinski definition) is 0. The van der Waals surface area contributed by atoms with Crippen molar-refractivity contribution < 1.29 is 4.79 Å². The summed E-state index contributed by atoms with van der Waals surface area (Å²) >= 11 is 6.70. The fourth-order valence-electron chi connectivity index (χ4n) is 1.61. The maximum absolute atomic E-state index is 12.5. The highest BCUT2D eigenvalue weighted by Crippen LogP contribution is 2.24. The molecule has 2 aromatic heterocycles. The van der Waals surface area contributed by atoms with E-state index in [1.54, 1.807) is 29.2 Å². The molecule has 2 heterocycles. The Balaban J connectivity index is 2.53. The van der Waals surface area contributed by atoms with Crippen molar-refractivity contribution >= 4 is 37.6 Å². The summed E-state index contributed by atoms with van der Waals surface area (Å²) in [6.45, 7) is 3.95. The van der Waals surface area contributed by atoms with E-state index in [2.05, 4.69) is 41.9 Å². The summed E-state index contributed by atoms with van der Waals surface area (Å²) in [4.78, 5) is 16.6. The zero-order chi connectivity index (χ0) is 13.3. The van der Waals surface area contributed by atoms with Gasteiger partial charge < -0.3 is 0 Å². The number of carbonyl (C=O) groups is 1. The first-order valence-electron chi connectivity index (χ1n) is 5.40. The fourth-order valence-corrected chi connectivity index (χ4v) is 2.50. The van der Waals surface area contributed by atoms with E-state index < -0.39 is 0 Å². The second kappa shape index (κ2) is 5.32. The molecule has 0 aliphatic heterocycles. The normalized spacial score (nSPS) is 10.9. The number of ketones is 1. The third kappa shape index (κ3) is 2.40. The SMILES string of the molecule is CC(C)n1ncc(Br)c1C(=O)c1ncccc1Br. The summed E-state index contributed by atoms with van der Waals surface area (Å²) in [5.41, 5.74) is 0.907. The minimum atomic E-state index is -0.152. The Morgan fingerprint density at radius 1 is 1.33 bits per heavy atom. The smallest absolute Gasteiger partial charge is 0.231 e. The molecular weight excluding hydrogens is 362 g/mol. The van der Waals surface area contributed by atoms with Crippen molar-refractivity contribution in [3.05, 3.63) is 44.9 Å². The van der Waals surface area contributed by atoms with Crippen LogP contribution in [0.5, 0.6) is 0 Å². The summed E-state index contributed by atoms with van der Waals surface area (Å²) in [5.74, 6) is -0.152. The molecule has 0 aliphatic carbocycles. The molecule has 0 spiro atoms. The van der Waals surface area contributed by atoms with Crippen molar-refractivity contribution in [2.45, 2.75) is 19.9 Å². The number of hydrogen-bond acceptors (Lipinski definition) is 3. The average molecular weight is 373 g/mol. The number of rotatable bonds is 3. The van der Waals surface area contributed by atoms with Gasteiger partial charge in [0.2, 0.25) is 5.78 Å². The van der Waals surface area contributed by atoms with Crippen LogP contribution in [0.25, 0.3) is 0 Å². The Bertz CT molecular complexity index is 593. The largest absolute Gasteiger partial charge is 0.285 e. The molecule has 6 heteroatoms. The summed E-state index contributed by atoms with van der Waals surface area (Å²) < 4.78 is 3.05. The Labute approximate surface area is 122 Å². The third-order valence-corrected chi connectivity index (χ3v) is 3.65. The van der Waals surface area contributed by atoms with Gasteiger partial charge in [-0.1, -0.05) is 0 Å². The zero-order valence-electron chi connectivity index (χ0n) is 9.89. The molecular formula is C12H11Br2N3O. The molecule has 0 aliphatic rings. The lowest BCUT2D eigenvalue weighted by atomic mass is 10.2. The molecule has 0 N–H and O–H groups in total. The zero-order valence-corrected chi connectivity index (χ0v) is 13.1. The van der Waals surface area contributed by atoms with Gasteiger partial charge in [-0.05, 0) is 57.8 Å². The van der Waals surface area contributed by atoms with Crippen molar-refractivity contribution in [2.24, 2.45) is 0 Å². The molecule has 2 rings (SSSR count). The highest BCUT2D eigenvalue weighted by Gasteiger charge is 2.22. The summed E-state index contributed by atoms with van der Waals surface area (Å²) in [6.07, 6.45) is 3.23. The first kappa shape index (κ1) is 13.4. The van der Waals surface area contributed by atoms with Crippen LogP contribution in [-0.2, 0) is 0 Å². The summed E-state index contributed by atoms with van der Waals surface area (Å²) in [6, 6.07) is 3.68. The van der Waals surface area contributed by atoms with Crippen LogP contribution in [-0.4, -0.2) is 20.5 Å². The minimum Gasteiger partial charge on any atom is -0.285 e. The second-order valence-electron chi connectivity index (χ2n) is 4.04. The van der Waals surface area contributed by atoms with Crippen LogP contribution in [0.1, 0.15) is 36.1 Å². The van der Waals surface area contributed by atoms with Gasteiger partial charge >= 0.3 is 0 Å². The van der Waals surface area contributed by atoms with Crippen LogP contribution in [0, 0.1) is 0 Å². The van der Waals surface area contributed by atoms with E-state index in [4.69, 9.17) is 0 Å². The van der Waals surface area contributed by atoms with E-state index in [0.29, 0.717) is 20.3 Å². The van der Waals surface area contributed by atoms with Gasteiger partial charge in [-0.25, -0.2) is 0 Å². The number of halogens is 2. The molecule has 0 atom stereocenters. The van der Waals surface area contributed by atoms with Gasteiger partial charge in [-0.15, -0.1) is 0 Å². The van der Waals surface area contributed by atoms with Crippen molar-refractivity contribution in [1.29, 1.82) is 0 Å². The molecule has 4 nitrogen and oxygen atoms in total. The van der Waals surface area contributed by atoms with Crippen molar-refractivity contribution in [2.75, 3.05) is 0 Å². The van der Waals surface area contributed by atoms with Crippen molar-refractivity contribution in [3.63, 3.8) is 0 Å². The summed E-state index contributed by atoms with van der Waals surface area (Å²) in [5, 5.41) is 4.20. The highest BCUT2D eigenvalue weighted by atomic mass is 79.9. The molecule has 94 valence electrons. The van der Waals surface area contributed by atoms with E-state index in [9.17, 15) is 4.79 Å². The van der Waals surface area contributed by atoms with Crippen LogP contribution < -0.4 is 0 Å². The minimum absolute atomic E-state index is 0.109. The van der Waals surface area contributed by atoms with E-state index >= 15 is 0 Å². The van der Waals surface area contributed by atoms with Crippen LogP contribution >= 0.6 is 31.9 Å². The van der Waals surface area contributed by atoms with Crippen molar-refractivity contribution in [1.82, 2.24) is 14.8 Å². The first-order valence-corrected chi connectivity index (χ1v) is 6.99. The first-order chi connectivity index (χ1) is 8.52. The van der Waals surface area contributed by atoms with Gasteiger partial charge in [0.05, 0.1) is 10.7 Å². The predicted molar refractivity (Wildman–Crippen MR) is 75.7 cm³/mol. The highest BCUT2D eigenvalue weighted by molar-refractivity contribution is 9.10. The van der Waals surface area contributed by atoms with Crippen LogP contribution in [0.3, 0.4) is 0 Å². The van der Waals surface area contributed by atoms with Crippen LogP contribution in [0.15, 0.2) is 33.5 Å². The standard InChI is InChI=1S/C12H11Br2N3O/c1-7(2)17-11(9(14)6-16-17)12(18)10-8(13)4-3-5-15-10/h3-7H,1-2H3. The van der Waals surface area contributed by atoms with Crippen LogP contribution in [0.4, 0.5) is 0 Å². The van der Waals surface area contributed by atoms with E-state index in [1.807, 2.05) is 13.8 Å². The third-order valence-electron chi connectivity index (χ3n) is 2.43. The molecule has 2 aromatic rings. The molecule has 0 fully saturated rings. The molecule has 0 bridgehead atoms. The Hall–Kier alpha value is -1.01. The monoisotopic (exact) mass is 371 g/mol. The van der Waals surface area contributed by atoms with Gasteiger partial charge in [0.15, 0.2) is 0 Å². The van der Waals surface area contributed by atoms with E-state index in [0.717, 1.165) is 0 Å². The molecule has 0 aromatic carbocycles. The fraction of sp³-hybridized carbons (Fsp3) is 0.250. The van der Waals surface area contributed by atoms with Gasteiger partial charge in [0.1, 0.15) is 11.4 Å². The molecule has 0 radical (unpaired) electrons. The Morgan fingerprint density at radius 2 is 2.06 bits per heavy atom.